The number of rotatable bonds is 5. The fraction of sp³-hybridized carbons (Fsp3) is 0.556. The number of fused-ring (bicyclic) bond motifs is 1. The third kappa shape index (κ3) is 3.23. The summed E-state index contributed by atoms with van der Waals surface area (Å²) in [6.45, 7) is 7.00. The average Bonchev–Trinajstić information content (AvgIpc) is 3.25. The first kappa shape index (κ1) is 16.1. The number of nitrogens with zero attached hydrogens (tertiary/aromatic N) is 6. The molecule has 1 atom stereocenters. The Labute approximate surface area is 147 Å². The summed E-state index contributed by atoms with van der Waals surface area (Å²) in [4.78, 5) is 15.8. The Morgan fingerprint density at radius 1 is 1.28 bits per heavy atom. The smallest absolute Gasteiger partial charge is 0.299 e. The standard InChI is InChI=1S/C18H24N6O/c1-3-15-20-16(24(4-2)22-15)11-13-7-6-10-23(12-13)18-21-17-14(25-18)8-5-9-19-17/h5,8-9,13H,3-4,6-7,10-12H2,1-2H3. The Hall–Kier alpha value is -2.44. The van der Waals surface area contributed by atoms with E-state index in [0.29, 0.717) is 17.6 Å². The fourth-order valence-corrected chi connectivity index (χ4v) is 3.54. The molecule has 0 N–H and O–H groups in total. The maximum Gasteiger partial charge on any atom is 0.299 e. The summed E-state index contributed by atoms with van der Waals surface area (Å²) in [7, 11) is 0. The number of pyridine rings is 1. The highest BCUT2D eigenvalue weighted by molar-refractivity contribution is 5.69. The summed E-state index contributed by atoms with van der Waals surface area (Å²) in [6.07, 6.45) is 5.92. The molecule has 1 unspecified atom stereocenters. The van der Waals surface area contributed by atoms with Gasteiger partial charge < -0.3 is 9.32 Å². The van der Waals surface area contributed by atoms with Gasteiger partial charge in [-0.3, -0.25) is 4.68 Å². The van der Waals surface area contributed by atoms with Gasteiger partial charge in [0.25, 0.3) is 6.01 Å². The zero-order valence-electron chi connectivity index (χ0n) is 14.9. The average molecular weight is 340 g/mol. The van der Waals surface area contributed by atoms with E-state index in [0.717, 1.165) is 56.1 Å². The van der Waals surface area contributed by atoms with Crippen LogP contribution in [0.25, 0.3) is 11.2 Å². The van der Waals surface area contributed by atoms with E-state index in [-0.39, 0.29) is 0 Å². The lowest BCUT2D eigenvalue weighted by atomic mass is 9.94. The van der Waals surface area contributed by atoms with E-state index < -0.39 is 0 Å². The zero-order chi connectivity index (χ0) is 17.2. The van der Waals surface area contributed by atoms with Crippen LogP contribution in [-0.4, -0.2) is 37.8 Å². The van der Waals surface area contributed by atoms with Gasteiger partial charge in [-0.25, -0.2) is 9.97 Å². The molecule has 0 radical (unpaired) electrons. The van der Waals surface area contributed by atoms with E-state index in [1.54, 1.807) is 6.20 Å². The van der Waals surface area contributed by atoms with Gasteiger partial charge in [-0.2, -0.15) is 10.1 Å². The van der Waals surface area contributed by atoms with Gasteiger partial charge in [0.05, 0.1) is 0 Å². The van der Waals surface area contributed by atoms with Crippen molar-refractivity contribution in [1.29, 1.82) is 0 Å². The van der Waals surface area contributed by atoms with Crippen LogP contribution in [0.15, 0.2) is 22.7 Å². The second kappa shape index (κ2) is 6.82. The Balaban J connectivity index is 1.50. The molecule has 0 aliphatic carbocycles. The first-order valence-electron chi connectivity index (χ1n) is 9.16. The maximum absolute atomic E-state index is 5.89. The minimum absolute atomic E-state index is 0.538. The number of piperidine rings is 1. The van der Waals surface area contributed by atoms with Gasteiger partial charge in [0, 0.05) is 38.7 Å². The molecule has 4 rings (SSSR count). The van der Waals surface area contributed by atoms with Gasteiger partial charge in [0.15, 0.2) is 11.4 Å². The van der Waals surface area contributed by atoms with Crippen LogP contribution in [0.1, 0.15) is 38.3 Å². The van der Waals surface area contributed by atoms with E-state index >= 15 is 0 Å². The first-order chi connectivity index (χ1) is 12.3. The summed E-state index contributed by atoms with van der Waals surface area (Å²) in [5, 5.41) is 4.57. The van der Waals surface area contributed by atoms with Gasteiger partial charge in [-0.05, 0) is 37.8 Å². The summed E-state index contributed by atoms with van der Waals surface area (Å²) in [5.74, 6) is 2.58. The van der Waals surface area contributed by atoms with Crippen LogP contribution < -0.4 is 4.90 Å². The first-order valence-corrected chi connectivity index (χ1v) is 9.16. The number of aromatic nitrogens is 5. The number of aryl methyl sites for hydroxylation is 2. The second-order valence-electron chi connectivity index (χ2n) is 6.59. The third-order valence-corrected chi connectivity index (χ3v) is 4.82. The number of oxazole rings is 1. The summed E-state index contributed by atoms with van der Waals surface area (Å²) in [6, 6.07) is 4.47. The summed E-state index contributed by atoms with van der Waals surface area (Å²) >= 11 is 0. The van der Waals surface area contributed by atoms with E-state index in [1.165, 1.54) is 6.42 Å². The molecule has 1 aliphatic rings. The van der Waals surface area contributed by atoms with Crippen molar-refractivity contribution >= 4 is 17.2 Å². The molecule has 4 heterocycles. The van der Waals surface area contributed by atoms with Crippen molar-refractivity contribution in [3.05, 3.63) is 30.0 Å². The number of anilines is 1. The molecule has 0 spiro atoms. The molecular formula is C18H24N6O. The lowest BCUT2D eigenvalue weighted by Gasteiger charge is -2.31. The zero-order valence-corrected chi connectivity index (χ0v) is 14.9. The van der Waals surface area contributed by atoms with Gasteiger partial charge in [0.1, 0.15) is 5.82 Å². The van der Waals surface area contributed by atoms with Crippen LogP contribution in [-0.2, 0) is 19.4 Å². The van der Waals surface area contributed by atoms with Crippen molar-refractivity contribution in [2.24, 2.45) is 5.92 Å². The molecule has 0 saturated carbocycles. The predicted octanol–water partition coefficient (Wildman–Crippen LogP) is 2.86. The highest BCUT2D eigenvalue weighted by atomic mass is 16.4. The van der Waals surface area contributed by atoms with Crippen molar-refractivity contribution in [1.82, 2.24) is 24.7 Å². The minimum atomic E-state index is 0.538. The van der Waals surface area contributed by atoms with E-state index in [2.05, 4.69) is 33.8 Å². The lowest BCUT2D eigenvalue weighted by molar-refractivity contribution is 0.382. The van der Waals surface area contributed by atoms with Crippen LogP contribution in [0.2, 0.25) is 0 Å². The molecule has 3 aromatic heterocycles. The van der Waals surface area contributed by atoms with Crippen molar-refractivity contribution in [3.8, 4) is 0 Å². The molecule has 0 bridgehead atoms. The molecular weight excluding hydrogens is 316 g/mol. The van der Waals surface area contributed by atoms with Crippen LogP contribution in [0, 0.1) is 5.92 Å². The second-order valence-corrected chi connectivity index (χ2v) is 6.59. The number of hydrogen-bond donors (Lipinski definition) is 0. The van der Waals surface area contributed by atoms with Gasteiger partial charge in [-0.1, -0.05) is 6.92 Å². The topological polar surface area (TPSA) is 72.9 Å². The minimum Gasteiger partial charge on any atom is -0.422 e. The number of hydrogen-bond acceptors (Lipinski definition) is 6. The van der Waals surface area contributed by atoms with E-state index in [1.807, 2.05) is 16.8 Å². The molecule has 1 fully saturated rings. The van der Waals surface area contributed by atoms with Crippen molar-refractivity contribution in [3.63, 3.8) is 0 Å². The predicted molar refractivity (Wildman–Crippen MR) is 95.5 cm³/mol. The van der Waals surface area contributed by atoms with Crippen LogP contribution in [0.5, 0.6) is 0 Å². The SMILES string of the molecule is CCc1nc(CC2CCCN(c3nc4ncccc4o3)C2)n(CC)n1. The molecule has 7 nitrogen and oxygen atoms in total. The normalized spacial score (nSPS) is 18.2. The van der Waals surface area contributed by atoms with Gasteiger partial charge >= 0.3 is 0 Å². The Kier molecular flexibility index (Phi) is 4.38. The fourth-order valence-electron chi connectivity index (χ4n) is 3.54. The summed E-state index contributed by atoms with van der Waals surface area (Å²) < 4.78 is 7.93. The largest absolute Gasteiger partial charge is 0.422 e. The molecule has 1 saturated heterocycles. The Morgan fingerprint density at radius 2 is 2.20 bits per heavy atom. The summed E-state index contributed by atoms with van der Waals surface area (Å²) in [5.41, 5.74) is 1.43. The molecule has 1 aliphatic heterocycles. The van der Waals surface area contributed by atoms with Crippen LogP contribution in [0.4, 0.5) is 6.01 Å². The van der Waals surface area contributed by atoms with Gasteiger partial charge in [-0.15, -0.1) is 0 Å². The third-order valence-electron chi connectivity index (χ3n) is 4.82. The van der Waals surface area contributed by atoms with Crippen molar-refractivity contribution < 1.29 is 4.42 Å². The quantitative estimate of drug-likeness (QED) is 0.711. The Morgan fingerprint density at radius 3 is 3.00 bits per heavy atom. The molecule has 0 amide bonds. The van der Waals surface area contributed by atoms with Crippen molar-refractivity contribution in [2.45, 2.75) is 46.1 Å². The van der Waals surface area contributed by atoms with Gasteiger partial charge in [0.2, 0.25) is 5.65 Å². The molecule has 0 aromatic carbocycles. The Bertz CT molecular complexity index is 821. The van der Waals surface area contributed by atoms with Crippen LogP contribution in [0.3, 0.4) is 0 Å². The highest BCUT2D eigenvalue weighted by Gasteiger charge is 2.25. The molecule has 25 heavy (non-hydrogen) atoms. The van der Waals surface area contributed by atoms with E-state index in [9.17, 15) is 0 Å². The monoisotopic (exact) mass is 340 g/mol. The highest BCUT2D eigenvalue weighted by Crippen LogP contribution is 2.27. The lowest BCUT2D eigenvalue weighted by Crippen LogP contribution is -2.36. The molecule has 7 heteroatoms. The van der Waals surface area contributed by atoms with E-state index in [4.69, 9.17) is 9.40 Å². The molecule has 3 aromatic rings. The van der Waals surface area contributed by atoms with Crippen molar-refractivity contribution in [2.75, 3.05) is 18.0 Å². The maximum atomic E-state index is 5.89. The molecule has 132 valence electrons. The van der Waals surface area contributed by atoms with Crippen LogP contribution >= 0.6 is 0 Å².